The van der Waals surface area contributed by atoms with E-state index in [4.69, 9.17) is 22.7 Å². The van der Waals surface area contributed by atoms with Crippen LogP contribution in [0.15, 0.2) is 91.1 Å². The molecule has 3 aromatic carbocycles. The molecule has 4 N–H and O–H groups in total. The summed E-state index contributed by atoms with van der Waals surface area (Å²) >= 11 is 5.73. The Balaban J connectivity index is 1.83. The van der Waals surface area contributed by atoms with Gasteiger partial charge in [0.1, 0.15) is 0 Å². The van der Waals surface area contributed by atoms with Gasteiger partial charge in [-0.25, -0.2) is 0 Å². The molecule has 5 heteroatoms. The second-order valence-electron chi connectivity index (χ2n) is 8.99. The molecule has 3 nitrogen and oxygen atoms in total. The lowest BCUT2D eigenvalue weighted by molar-refractivity contribution is 0.401. The highest BCUT2D eigenvalue weighted by molar-refractivity contribution is 6.18. The van der Waals surface area contributed by atoms with Crippen LogP contribution in [0.5, 0.6) is 0 Å². The third-order valence-corrected chi connectivity index (χ3v) is 6.76. The van der Waals surface area contributed by atoms with Crippen molar-refractivity contribution in [1.82, 2.24) is 5.32 Å². The van der Waals surface area contributed by atoms with Gasteiger partial charge in [0.2, 0.25) is 5.97 Å². The van der Waals surface area contributed by atoms with Crippen molar-refractivity contribution >= 4 is 40.5 Å². The summed E-state index contributed by atoms with van der Waals surface area (Å²) in [5.74, 6) is -0.0814. The molecule has 36 heavy (non-hydrogen) atoms. The second kappa shape index (κ2) is 11.9. The van der Waals surface area contributed by atoms with Crippen LogP contribution in [-0.2, 0) is 0 Å². The molecule has 3 aromatic rings. The molecular weight excluding hydrogens is 469 g/mol. The maximum atomic E-state index is 14.0. The van der Waals surface area contributed by atoms with Crippen LogP contribution in [0.3, 0.4) is 0 Å². The minimum Gasteiger partial charge on any atom is -0.398 e. The van der Waals surface area contributed by atoms with Crippen molar-refractivity contribution in [3.05, 3.63) is 119 Å². The number of hydrogen-bond donors (Lipinski definition) is 3. The highest BCUT2D eigenvalue weighted by Gasteiger charge is 2.27. The SMILES string of the molecule is C=C(/C=C/c1ccc(/C(=C(\c2ccccc2)C2CCC2)c2ccc(N)c(C(=N)F)c2)cc1)NCCCl. The van der Waals surface area contributed by atoms with Gasteiger partial charge < -0.3 is 11.1 Å². The lowest BCUT2D eigenvalue weighted by Gasteiger charge is -2.31. The third kappa shape index (κ3) is 5.95. The van der Waals surface area contributed by atoms with E-state index in [9.17, 15) is 4.39 Å². The van der Waals surface area contributed by atoms with Gasteiger partial charge in [-0.1, -0.05) is 79.7 Å². The highest BCUT2D eigenvalue weighted by atomic mass is 35.5. The average Bonchev–Trinajstić information content (AvgIpc) is 2.86. The molecule has 0 radical (unpaired) electrons. The summed E-state index contributed by atoms with van der Waals surface area (Å²) in [5, 5.41) is 10.7. The van der Waals surface area contributed by atoms with E-state index in [0.717, 1.165) is 46.4 Å². The molecule has 0 unspecified atom stereocenters. The van der Waals surface area contributed by atoms with E-state index >= 15 is 0 Å². The molecule has 0 saturated heterocycles. The van der Waals surface area contributed by atoms with Gasteiger partial charge in [0.05, 0.1) is 5.56 Å². The molecule has 0 amide bonds. The summed E-state index contributed by atoms with van der Waals surface area (Å²) in [4.78, 5) is 0. The molecule has 1 saturated carbocycles. The number of hydrogen-bond acceptors (Lipinski definition) is 3. The normalized spacial score (nSPS) is 14.3. The zero-order valence-corrected chi connectivity index (χ0v) is 21.0. The van der Waals surface area contributed by atoms with Crippen LogP contribution >= 0.6 is 11.6 Å². The van der Waals surface area contributed by atoms with Crippen molar-refractivity contribution in [2.45, 2.75) is 19.3 Å². The number of nitrogens with one attached hydrogen (secondary N) is 2. The molecule has 1 fully saturated rings. The van der Waals surface area contributed by atoms with E-state index < -0.39 is 5.97 Å². The molecule has 0 heterocycles. The fraction of sp³-hybridized carbons (Fsp3) is 0.194. The van der Waals surface area contributed by atoms with E-state index in [1.54, 1.807) is 12.1 Å². The van der Waals surface area contributed by atoms with Gasteiger partial charge in [0.25, 0.3) is 0 Å². The van der Waals surface area contributed by atoms with Gasteiger partial charge in [0.15, 0.2) is 0 Å². The Labute approximate surface area is 217 Å². The zero-order chi connectivity index (χ0) is 25.5. The van der Waals surface area contributed by atoms with Gasteiger partial charge >= 0.3 is 0 Å². The van der Waals surface area contributed by atoms with E-state index in [1.807, 2.05) is 24.3 Å². The lowest BCUT2D eigenvalue weighted by atomic mass is 9.73. The molecule has 184 valence electrons. The molecule has 1 aliphatic rings. The quantitative estimate of drug-likeness (QED) is 0.0880. The predicted octanol–water partition coefficient (Wildman–Crippen LogP) is 7.68. The third-order valence-electron chi connectivity index (χ3n) is 6.57. The van der Waals surface area contributed by atoms with Gasteiger partial charge in [0, 0.05) is 23.8 Å². The number of benzene rings is 3. The van der Waals surface area contributed by atoms with Crippen LogP contribution in [0.2, 0.25) is 0 Å². The Morgan fingerprint density at radius 1 is 1.03 bits per heavy atom. The summed E-state index contributed by atoms with van der Waals surface area (Å²) in [6.07, 6.45) is 7.37. The smallest absolute Gasteiger partial charge is 0.214 e. The van der Waals surface area contributed by atoms with Gasteiger partial charge in [-0.15, -0.1) is 11.6 Å². The molecule has 1 aliphatic carbocycles. The van der Waals surface area contributed by atoms with E-state index in [1.165, 1.54) is 12.0 Å². The van der Waals surface area contributed by atoms with Crippen molar-refractivity contribution in [3.8, 4) is 0 Å². The van der Waals surface area contributed by atoms with Crippen molar-refractivity contribution < 1.29 is 4.39 Å². The minimum atomic E-state index is -1.03. The first-order valence-electron chi connectivity index (χ1n) is 12.2. The maximum absolute atomic E-state index is 14.0. The largest absolute Gasteiger partial charge is 0.398 e. The fourth-order valence-electron chi connectivity index (χ4n) is 4.50. The first kappa shape index (κ1) is 25.5. The van der Waals surface area contributed by atoms with Crippen LogP contribution in [-0.4, -0.2) is 18.4 Å². The predicted molar refractivity (Wildman–Crippen MR) is 152 cm³/mol. The van der Waals surface area contributed by atoms with Crippen LogP contribution in [0.1, 0.15) is 47.1 Å². The molecule has 0 atom stereocenters. The van der Waals surface area contributed by atoms with Gasteiger partial charge in [-0.3, -0.25) is 5.41 Å². The standard InChI is InChI=1S/C31H31ClFN3/c1-21(36-19-18-32)10-11-22-12-14-25(15-13-22)30(26-16-17-28(34)27(20-26)31(33)35)29(24-8-5-9-24)23-6-3-2-4-7-23/h2-4,6-7,10-17,20,24,35-36H,1,5,8-9,18-19,34H2/b11-10+,30-29-,35-31?. The molecule has 4 rings (SSSR count). The zero-order valence-electron chi connectivity index (χ0n) is 20.2. The summed E-state index contributed by atoms with van der Waals surface area (Å²) < 4.78 is 14.0. The van der Waals surface area contributed by atoms with Gasteiger partial charge in [-0.2, -0.15) is 4.39 Å². The Morgan fingerprint density at radius 2 is 1.72 bits per heavy atom. The molecular formula is C31H31ClFN3. The Kier molecular flexibility index (Phi) is 8.40. The lowest BCUT2D eigenvalue weighted by Crippen LogP contribution is -2.15. The summed E-state index contributed by atoms with van der Waals surface area (Å²) in [5.41, 5.74) is 13.6. The number of nitrogens with two attached hydrogens (primary N) is 1. The molecule has 0 spiro atoms. The van der Waals surface area contributed by atoms with E-state index in [-0.39, 0.29) is 11.3 Å². The Morgan fingerprint density at radius 3 is 2.33 bits per heavy atom. The number of rotatable bonds is 10. The monoisotopic (exact) mass is 499 g/mol. The molecule has 0 bridgehead atoms. The van der Waals surface area contributed by atoms with Crippen molar-refractivity contribution in [2.75, 3.05) is 18.2 Å². The van der Waals surface area contributed by atoms with Crippen molar-refractivity contribution in [1.29, 1.82) is 5.41 Å². The number of nitrogen functional groups attached to an aromatic ring is 1. The van der Waals surface area contributed by atoms with Crippen LogP contribution in [0, 0.1) is 11.3 Å². The molecule has 0 aromatic heterocycles. The second-order valence-corrected chi connectivity index (χ2v) is 9.37. The Bertz CT molecular complexity index is 1290. The summed E-state index contributed by atoms with van der Waals surface area (Å²) in [7, 11) is 0. The minimum absolute atomic E-state index is 0.119. The van der Waals surface area contributed by atoms with E-state index in [2.05, 4.69) is 60.4 Å². The average molecular weight is 500 g/mol. The number of alkyl halides is 1. The Hall–Kier alpha value is -3.63. The van der Waals surface area contributed by atoms with Crippen LogP contribution < -0.4 is 11.1 Å². The maximum Gasteiger partial charge on any atom is 0.214 e. The highest BCUT2D eigenvalue weighted by Crippen LogP contribution is 2.45. The van der Waals surface area contributed by atoms with Crippen LogP contribution in [0.25, 0.3) is 17.2 Å². The van der Waals surface area contributed by atoms with Crippen molar-refractivity contribution in [3.63, 3.8) is 0 Å². The van der Waals surface area contributed by atoms with E-state index in [0.29, 0.717) is 18.3 Å². The summed E-state index contributed by atoms with van der Waals surface area (Å²) in [6.45, 7) is 4.66. The first-order chi connectivity index (χ1) is 17.5. The fourth-order valence-corrected chi connectivity index (χ4v) is 4.60. The summed E-state index contributed by atoms with van der Waals surface area (Å²) in [6, 6.07) is 24.1. The topological polar surface area (TPSA) is 61.9 Å². The first-order valence-corrected chi connectivity index (χ1v) is 12.7. The number of halogens is 2. The van der Waals surface area contributed by atoms with Crippen molar-refractivity contribution in [2.24, 2.45) is 5.92 Å². The van der Waals surface area contributed by atoms with Gasteiger partial charge in [-0.05, 0) is 70.4 Å². The number of anilines is 1. The number of allylic oxidation sites excluding steroid dienone is 2. The van der Waals surface area contributed by atoms with Crippen LogP contribution in [0.4, 0.5) is 10.1 Å². The molecule has 0 aliphatic heterocycles.